The van der Waals surface area contributed by atoms with Gasteiger partial charge >= 0.3 is 6.09 Å². The van der Waals surface area contributed by atoms with Gasteiger partial charge in [-0.3, -0.25) is 5.10 Å². The van der Waals surface area contributed by atoms with Crippen molar-refractivity contribution in [1.82, 2.24) is 15.5 Å². The fourth-order valence-electron chi connectivity index (χ4n) is 2.87. The van der Waals surface area contributed by atoms with Gasteiger partial charge in [-0.05, 0) is 62.2 Å². The van der Waals surface area contributed by atoms with Gasteiger partial charge in [0, 0.05) is 16.8 Å². The van der Waals surface area contributed by atoms with Crippen molar-refractivity contribution < 1.29 is 14.3 Å². The van der Waals surface area contributed by atoms with Crippen LogP contribution in [0.3, 0.4) is 0 Å². The third kappa shape index (κ3) is 5.77. The van der Waals surface area contributed by atoms with E-state index in [0.29, 0.717) is 36.2 Å². The minimum absolute atomic E-state index is 0.307. The zero-order valence-electron chi connectivity index (χ0n) is 16.7. The molecule has 3 aromatic rings. The summed E-state index contributed by atoms with van der Waals surface area (Å²) >= 11 is 6.19. The van der Waals surface area contributed by atoms with E-state index in [4.69, 9.17) is 26.8 Å². The Balaban J connectivity index is 1.64. The summed E-state index contributed by atoms with van der Waals surface area (Å²) in [5.41, 5.74) is 8.26. The number of aromatic nitrogens is 2. The predicted octanol–water partition coefficient (Wildman–Crippen LogP) is 4.29. The van der Waals surface area contributed by atoms with Crippen LogP contribution in [-0.4, -0.2) is 35.0 Å². The Labute approximate surface area is 174 Å². The number of alkyl carbamates (subject to hydrolysis) is 1. The summed E-state index contributed by atoms with van der Waals surface area (Å²) < 4.78 is 11.1. The number of nitrogens with one attached hydrogen (secondary N) is 2. The summed E-state index contributed by atoms with van der Waals surface area (Å²) in [6, 6.07) is 11.4. The topological polar surface area (TPSA) is 102 Å². The van der Waals surface area contributed by atoms with Crippen molar-refractivity contribution in [1.29, 1.82) is 0 Å². The number of anilines is 1. The third-order valence-corrected chi connectivity index (χ3v) is 4.34. The van der Waals surface area contributed by atoms with Gasteiger partial charge < -0.3 is 20.5 Å². The monoisotopic (exact) mass is 416 g/mol. The van der Waals surface area contributed by atoms with Gasteiger partial charge in [-0.25, -0.2) is 4.79 Å². The lowest BCUT2D eigenvalue weighted by atomic mass is 10.0. The number of carbonyl (C=O) groups is 1. The maximum Gasteiger partial charge on any atom is 0.407 e. The van der Waals surface area contributed by atoms with E-state index >= 15 is 0 Å². The Morgan fingerprint density at radius 3 is 2.79 bits per heavy atom. The molecule has 0 saturated carbocycles. The molecule has 0 radical (unpaired) electrons. The molecular weight excluding hydrogens is 392 g/mol. The molecule has 0 unspecified atom stereocenters. The maximum atomic E-state index is 11.7. The first-order chi connectivity index (χ1) is 13.7. The molecule has 2 aromatic carbocycles. The number of nitrogens with two attached hydrogens (primary N) is 1. The number of ether oxygens (including phenoxy) is 2. The van der Waals surface area contributed by atoms with Crippen molar-refractivity contribution in [3.63, 3.8) is 0 Å². The Morgan fingerprint density at radius 2 is 2.03 bits per heavy atom. The Kier molecular flexibility index (Phi) is 6.17. The fraction of sp³-hybridized carbons (Fsp3) is 0.333. The number of benzene rings is 2. The predicted molar refractivity (Wildman–Crippen MR) is 114 cm³/mol. The van der Waals surface area contributed by atoms with E-state index in [0.717, 1.165) is 22.0 Å². The number of rotatable bonds is 6. The van der Waals surface area contributed by atoms with Crippen molar-refractivity contribution in [3.8, 4) is 5.75 Å². The highest BCUT2D eigenvalue weighted by atomic mass is 35.5. The first kappa shape index (κ1) is 20.8. The Bertz CT molecular complexity index is 1010. The average molecular weight is 417 g/mol. The van der Waals surface area contributed by atoms with E-state index < -0.39 is 11.7 Å². The van der Waals surface area contributed by atoms with Crippen LogP contribution in [0, 0.1) is 0 Å². The molecule has 4 N–H and O–H groups in total. The van der Waals surface area contributed by atoms with Crippen LogP contribution in [-0.2, 0) is 11.2 Å². The molecule has 0 aliphatic rings. The highest BCUT2D eigenvalue weighted by Crippen LogP contribution is 2.27. The number of fused-ring (bicyclic) bond motifs is 1. The quantitative estimate of drug-likeness (QED) is 0.520. The van der Waals surface area contributed by atoms with Crippen molar-refractivity contribution >= 4 is 34.4 Å². The number of carbonyl (C=O) groups excluding carboxylic acids is 1. The summed E-state index contributed by atoms with van der Waals surface area (Å²) in [5.74, 6) is 1.18. The molecule has 3 rings (SSSR count). The van der Waals surface area contributed by atoms with Gasteiger partial charge in [0.05, 0.1) is 12.1 Å². The zero-order valence-corrected chi connectivity index (χ0v) is 17.5. The molecule has 0 fully saturated rings. The highest BCUT2D eigenvalue weighted by Gasteiger charge is 2.15. The molecule has 8 heteroatoms. The molecule has 0 bridgehead atoms. The minimum atomic E-state index is -0.534. The molecule has 1 heterocycles. The number of nitrogen functional groups attached to an aromatic ring is 1. The third-order valence-electron chi connectivity index (χ3n) is 4.10. The smallest absolute Gasteiger partial charge is 0.407 e. The lowest BCUT2D eigenvalue weighted by Crippen LogP contribution is -2.34. The van der Waals surface area contributed by atoms with Gasteiger partial charge in [0.15, 0.2) is 5.82 Å². The van der Waals surface area contributed by atoms with Gasteiger partial charge in [-0.2, -0.15) is 5.10 Å². The van der Waals surface area contributed by atoms with E-state index in [1.807, 2.05) is 51.1 Å². The molecule has 29 heavy (non-hydrogen) atoms. The van der Waals surface area contributed by atoms with E-state index in [-0.39, 0.29) is 0 Å². The van der Waals surface area contributed by atoms with Gasteiger partial charge in [0.2, 0.25) is 0 Å². The summed E-state index contributed by atoms with van der Waals surface area (Å²) in [7, 11) is 0. The summed E-state index contributed by atoms with van der Waals surface area (Å²) in [6.45, 7) is 6.09. The van der Waals surface area contributed by atoms with Crippen LogP contribution in [0.2, 0.25) is 5.02 Å². The molecule has 1 amide bonds. The Morgan fingerprint density at radius 1 is 1.24 bits per heavy atom. The Hall–Kier alpha value is -2.93. The SMILES string of the molecule is CC(C)(C)OC(=O)NCCOc1ccc(Cl)cc1Cc1ccc2[nH]nc(N)c2c1. The molecule has 154 valence electrons. The number of nitrogens with zero attached hydrogens (tertiary/aromatic N) is 1. The van der Waals surface area contributed by atoms with Crippen molar-refractivity contribution in [2.24, 2.45) is 0 Å². The lowest BCUT2D eigenvalue weighted by Gasteiger charge is -2.19. The van der Waals surface area contributed by atoms with Gasteiger partial charge in [0.1, 0.15) is 18.0 Å². The van der Waals surface area contributed by atoms with E-state index in [9.17, 15) is 4.79 Å². The normalized spacial score (nSPS) is 11.4. The first-order valence-corrected chi connectivity index (χ1v) is 9.69. The van der Waals surface area contributed by atoms with Crippen LogP contribution in [0.15, 0.2) is 36.4 Å². The second-order valence-corrected chi connectivity index (χ2v) is 8.13. The first-order valence-electron chi connectivity index (χ1n) is 9.32. The molecule has 7 nitrogen and oxygen atoms in total. The standard InChI is InChI=1S/C21H25ClN4O3/c1-21(2,3)29-20(27)24-8-9-28-18-7-5-15(22)12-14(18)10-13-4-6-17-16(11-13)19(23)26-25-17/h4-7,11-12H,8-10H2,1-3H3,(H,24,27)(H3,23,25,26). The van der Waals surface area contributed by atoms with Gasteiger partial charge in [0.25, 0.3) is 0 Å². The largest absolute Gasteiger partial charge is 0.491 e. The molecule has 0 saturated heterocycles. The molecule has 1 aromatic heterocycles. The molecule has 0 aliphatic carbocycles. The van der Waals surface area contributed by atoms with E-state index in [1.165, 1.54) is 0 Å². The number of hydrogen-bond acceptors (Lipinski definition) is 5. The van der Waals surface area contributed by atoms with Crippen LogP contribution in [0.1, 0.15) is 31.9 Å². The lowest BCUT2D eigenvalue weighted by molar-refractivity contribution is 0.0520. The van der Waals surface area contributed by atoms with Crippen molar-refractivity contribution in [3.05, 3.63) is 52.5 Å². The maximum absolute atomic E-state index is 11.7. The van der Waals surface area contributed by atoms with Gasteiger partial charge in [-0.15, -0.1) is 0 Å². The summed E-state index contributed by atoms with van der Waals surface area (Å²) in [5, 5.41) is 11.1. The molecule has 0 spiro atoms. The highest BCUT2D eigenvalue weighted by molar-refractivity contribution is 6.30. The fourth-order valence-corrected chi connectivity index (χ4v) is 3.06. The van der Waals surface area contributed by atoms with Crippen molar-refractivity contribution in [2.75, 3.05) is 18.9 Å². The zero-order chi connectivity index (χ0) is 21.0. The average Bonchev–Trinajstić information content (AvgIpc) is 2.99. The molecular formula is C21H25ClN4O3. The van der Waals surface area contributed by atoms with Crippen LogP contribution in [0.25, 0.3) is 10.9 Å². The minimum Gasteiger partial charge on any atom is -0.491 e. The molecule has 0 aliphatic heterocycles. The van der Waals surface area contributed by atoms with Crippen LogP contribution in [0.5, 0.6) is 5.75 Å². The number of H-pyrrole nitrogens is 1. The van der Waals surface area contributed by atoms with Gasteiger partial charge in [-0.1, -0.05) is 17.7 Å². The second-order valence-electron chi connectivity index (χ2n) is 7.69. The molecule has 0 atom stereocenters. The summed E-state index contributed by atoms with van der Waals surface area (Å²) in [6.07, 6.45) is 0.152. The number of halogens is 1. The van der Waals surface area contributed by atoms with Crippen LogP contribution < -0.4 is 15.8 Å². The second kappa shape index (κ2) is 8.61. The number of amides is 1. The van der Waals surface area contributed by atoms with Crippen LogP contribution >= 0.6 is 11.6 Å². The van der Waals surface area contributed by atoms with E-state index in [2.05, 4.69) is 15.5 Å². The number of hydrogen-bond donors (Lipinski definition) is 3. The van der Waals surface area contributed by atoms with Crippen molar-refractivity contribution in [2.45, 2.75) is 32.8 Å². The summed E-state index contributed by atoms with van der Waals surface area (Å²) in [4.78, 5) is 11.7. The van der Waals surface area contributed by atoms with Crippen LogP contribution in [0.4, 0.5) is 10.6 Å². The van der Waals surface area contributed by atoms with E-state index in [1.54, 1.807) is 6.07 Å². The number of aromatic amines is 1.